The first kappa shape index (κ1) is 14.8. The van der Waals surface area contributed by atoms with Gasteiger partial charge in [0.1, 0.15) is 5.65 Å². The highest BCUT2D eigenvalue weighted by Gasteiger charge is 2.14. The second-order valence-corrected chi connectivity index (χ2v) is 4.95. The maximum atomic E-state index is 12.3. The van der Waals surface area contributed by atoms with E-state index in [1.807, 2.05) is 6.07 Å². The van der Waals surface area contributed by atoms with Crippen LogP contribution in [0.2, 0.25) is 0 Å². The molecule has 0 saturated heterocycles. The van der Waals surface area contributed by atoms with E-state index in [-0.39, 0.29) is 0 Å². The van der Waals surface area contributed by atoms with Gasteiger partial charge in [0.25, 0.3) is 5.56 Å². The number of H-pyrrole nitrogens is 1. The largest absolute Gasteiger partial charge is 0.493 e. The van der Waals surface area contributed by atoms with Crippen molar-refractivity contribution in [3.05, 3.63) is 51.3 Å². The molecule has 1 aromatic carbocycles. The third kappa shape index (κ3) is 2.36. The Kier molecular flexibility index (Phi) is 3.61. The molecular weight excluding hydrogens is 298 g/mol. The van der Waals surface area contributed by atoms with Gasteiger partial charge in [0, 0.05) is 13.2 Å². The number of rotatable bonds is 3. The fourth-order valence-electron chi connectivity index (χ4n) is 2.51. The van der Waals surface area contributed by atoms with E-state index in [9.17, 15) is 9.59 Å². The molecule has 23 heavy (non-hydrogen) atoms. The summed E-state index contributed by atoms with van der Waals surface area (Å²) in [7, 11) is 4.66. The predicted octanol–water partition coefficient (Wildman–Crippen LogP) is 1.31. The van der Waals surface area contributed by atoms with E-state index in [1.165, 1.54) is 4.57 Å². The van der Waals surface area contributed by atoms with Crippen molar-refractivity contribution in [1.82, 2.24) is 14.5 Å². The van der Waals surface area contributed by atoms with Gasteiger partial charge in [-0.3, -0.25) is 14.3 Å². The van der Waals surface area contributed by atoms with Crippen molar-refractivity contribution < 1.29 is 9.47 Å². The summed E-state index contributed by atoms with van der Waals surface area (Å²) in [6, 6.07) is 7.08. The van der Waals surface area contributed by atoms with Crippen LogP contribution in [-0.2, 0) is 7.05 Å². The maximum absolute atomic E-state index is 12.3. The number of aromatic nitrogens is 3. The number of ether oxygens (including phenoxy) is 2. The summed E-state index contributed by atoms with van der Waals surface area (Å²) in [5.41, 5.74) is 0.776. The van der Waals surface area contributed by atoms with Crippen molar-refractivity contribution in [1.29, 1.82) is 0 Å². The molecule has 2 heterocycles. The SMILES string of the molecule is COc1ccc(-c2ccnc3c2c(=O)[nH]c(=O)n3C)cc1OC. The topological polar surface area (TPSA) is 86.2 Å². The molecule has 0 amide bonds. The van der Waals surface area contributed by atoms with Crippen LogP contribution in [0.4, 0.5) is 0 Å². The van der Waals surface area contributed by atoms with Crippen LogP contribution in [0.25, 0.3) is 22.2 Å². The molecule has 0 aliphatic carbocycles. The molecule has 0 bridgehead atoms. The van der Waals surface area contributed by atoms with Crippen LogP contribution in [-0.4, -0.2) is 28.8 Å². The van der Waals surface area contributed by atoms with Gasteiger partial charge in [0.15, 0.2) is 11.5 Å². The summed E-state index contributed by atoms with van der Waals surface area (Å²) in [6.45, 7) is 0. The Morgan fingerprint density at radius 2 is 1.83 bits per heavy atom. The Labute approximate surface area is 131 Å². The normalized spacial score (nSPS) is 10.7. The average Bonchev–Trinajstić information content (AvgIpc) is 2.58. The summed E-state index contributed by atoms with van der Waals surface area (Å²) in [5.74, 6) is 1.15. The van der Waals surface area contributed by atoms with E-state index in [4.69, 9.17) is 9.47 Å². The first-order valence-electron chi connectivity index (χ1n) is 6.87. The van der Waals surface area contributed by atoms with Crippen molar-refractivity contribution in [2.24, 2.45) is 7.05 Å². The zero-order valence-corrected chi connectivity index (χ0v) is 12.9. The van der Waals surface area contributed by atoms with E-state index < -0.39 is 11.2 Å². The third-order valence-corrected chi connectivity index (χ3v) is 3.70. The number of fused-ring (bicyclic) bond motifs is 1. The number of pyridine rings is 1. The Bertz CT molecular complexity index is 1000. The lowest BCUT2D eigenvalue weighted by molar-refractivity contribution is 0.355. The second kappa shape index (κ2) is 5.60. The zero-order chi connectivity index (χ0) is 16.6. The summed E-state index contributed by atoms with van der Waals surface area (Å²) in [4.78, 5) is 30.4. The molecule has 0 aliphatic heterocycles. The van der Waals surface area contributed by atoms with Gasteiger partial charge in [0.05, 0.1) is 19.6 Å². The molecule has 0 unspecified atom stereocenters. The minimum Gasteiger partial charge on any atom is -0.493 e. The van der Waals surface area contributed by atoms with Gasteiger partial charge in [-0.1, -0.05) is 6.07 Å². The van der Waals surface area contributed by atoms with Gasteiger partial charge in [0.2, 0.25) is 0 Å². The van der Waals surface area contributed by atoms with E-state index >= 15 is 0 Å². The second-order valence-electron chi connectivity index (χ2n) is 4.95. The molecular formula is C16H15N3O4. The molecule has 2 aromatic heterocycles. The molecule has 3 aromatic rings. The van der Waals surface area contributed by atoms with Crippen LogP contribution in [0.3, 0.4) is 0 Å². The number of hydrogen-bond acceptors (Lipinski definition) is 5. The molecule has 0 radical (unpaired) electrons. The first-order valence-corrected chi connectivity index (χ1v) is 6.87. The number of methoxy groups -OCH3 is 2. The van der Waals surface area contributed by atoms with Gasteiger partial charge in [-0.05, 0) is 29.3 Å². The number of benzene rings is 1. The molecule has 118 valence electrons. The third-order valence-electron chi connectivity index (χ3n) is 3.70. The highest BCUT2D eigenvalue weighted by atomic mass is 16.5. The van der Waals surface area contributed by atoms with Gasteiger partial charge >= 0.3 is 5.69 Å². The van der Waals surface area contributed by atoms with E-state index in [2.05, 4.69) is 9.97 Å². The summed E-state index contributed by atoms with van der Waals surface area (Å²) >= 11 is 0. The van der Waals surface area contributed by atoms with Gasteiger partial charge < -0.3 is 9.47 Å². The fourth-order valence-corrected chi connectivity index (χ4v) is 2.51. The molecule has 1 N–H and O–H groups in total. The van der Waals surface area contributed by atoms with Crippen LogP contribution in [0.1, 0.15) is 0 Å². The Balaban J connectivity index is 2.36. The predicted molar refractivity (Wildman–Crippen MR) is 86.1 cm³/mol. The zero-order valence-electron chi connectivity index (χ0n) is 12.9. The Morgan fingerprint density at radius 1 is 1.09 bits per heavy atom. The lowest BCUT2D eigenvalue weighted by Crippen LogP contribution is -2.29. The van der Waals surface area contributed by atoms with Crippen LogP contribution < -0.4 is 20.7 Å². The van der Waals surface area contributed by atoms with Crippen molar-refractivity contribution in [2.45, 2.75) is 0 Å². The lowest BCUT2D eigenvalue weighted by Gasteiger charge is -2.11. The number of aromatic amines is 1. The van der Waals surface area contributed by atoms with Crippen LogP contribution >= 0.6 is 0 Å². The minimum atomic E-state index is -0.500. The molecule has 0 fully saturated rings. The highest BCUT2D eigenvalue weighted by Crippen LogP contribution is 2.33. The average molecular weight is 313 g/mol. The summed E-state index contributed by atoms with van der Waals surface area (Å²) in [6.07, 6.45) is 1.56. The lowest BCUT2D eigenvalue weighted by atomic mass is 10.0. The van der Waals surface area contributed by atoms with Gasteiger partial charge in [-0.15, -0.1) is 0 Å². The van der Waals surface area contributed by atoms with Crippen molar-refractivity contribution in [3.63, 3.8) is 0 Å². The van der Waals surface area contributed by atoms with Crippen molar-refractivity contribution in [2.75, 3.05) is 14.2 Å². The molecule has 7 heteroatoms. The van der Waals surface area contributed by atoms with E-state index in [1.54, 1.807) is 45.7 Å². The van der Waals surface area contributed by atoms with Gasteiger partial charge in [-0.2, -0.15) is 0 Å². The van der Waals surface area contributed by atoms with Gasteiger partial charge in [-0.25, -0.2) is 9.78 Å². The quantitative estimate of drug-likeness (QED) is 0.788. The highest BCUT2D eigenvalue weighted by molar-refractivity contribution is 5.92. The standard InChI is InChI=1S/C16H15N3O4/c1-19-14-13(15(20)18-16(19)21)10(6-7-17-14)9-4-5-11(22-2)12(8-9)23-3/h4-8H,1-3H3,(H,18,20,21). The molecule has 0 atom stereocenters. The molecule has 0 aliphatic rings. The van der Waals surface area contributed by atoms with Crippen LogP contribution in [0, 0.1) is 0 Å². The van der Waals surface area contributed by atoms with Crippen LogP contribution in [0.15, 0.2) is 40.1 Å². The molecule has 0 spiro atoms. The van der Waals surface area contributed by atoms with E-state index in [0.29, 0.717) is 28.1 Å². The number of nitrogens with one attached hydrogen (secondary N) is 1. The first-order chi connectivity index (χ1) is 11.1. The smallest absolute Gasteiger partial charge is 0.329 e. The molecule has 7 nitrogen and oxygen atoms in total. The number of nitrogens with zero attached hydrogens (tertiary/aromatic N) is 2. The fraction of sp³-hybridized carbons (Fsp3) is 0.188. The monoisotopic (exact) mass is 313 g/mol. The minimum absolute atomic E-state index is 0.325. The molecule has 0 saturated carbocycles. The van der Waals surface area contributed by atoms with Crippen molar-refractivity contribution >= 4 is 11.0 Å². The van der Waals surface area contributed by atoms with E-state index in [0.717, 1.165) is 5.56 Å². The Morgan fingerprint density at radius 3 is 2.52 bits per heavy atom. The maximum Gasteiger partial charge on any atom is 0.329 e. The summed E-state index contributed by atoms with van der Waals surface area (Å²) in [5, 5.41) is 0.349. The number of aryl methyl sites for hydroxylation is 1. The Hall–Kier alpha value is -3.09. The summed E-state index contributed by atoms with van der Waals surface area (Å²) < 4.78 is 11.8. The number of hydrogen-bond donors (Lipinski definition) is 1. The van der Waals surface area contributed by atoms with Crippen molar-refractivity contribution in [3.8, 4) is 22.6 Å². The van der Waals surface area contributed by atoms with Crippen LogP contribution in [0.5, 0.6) is 11.5 Å². The molecule has 3 rings (SSSR count).